The fourth-order valence-electron chi connectivity index (χ4n) is 15.7. The number of carbonyl (C=O) groups is 8. The van der Waals surface area contributed by atoms with E-state index in [-0.39, 0.29) is 128 Å². The van der Waals surface area contributed by atoms with Crippen molar-refractivity contribution < 1.29 is 112 Å². The summed E-state index contributed by atoms with van der Waals surface area (Å²) in [7, 11) is 0. The quantitative estimate of drug-likeness (QED) is 0.00434. The van der Waals surface area contributed by atoms with Crippen molar-refractivity contribution in [3.8, 4) is 0 Å². The number of aliphatic hydroxyl groups is 1. The number of hydrogen-bond acceptors (Lipinski definition) is 30. The zero-order chi connectivity index (χ0) is 103. The van der Waals surface area contributed by atoms with Gasteiger partial charge in [0.25, 0.3) is 0 Å². The van der Waals surface area contributed by atoms with Crippen LogP contribution in [0.5, 0.6) is 0 Å². The van der Waals surface area contributed by atoms with Gasteiger partial charge in [0.2, 0.25) is 0 Å². The summed E-state index contributed by atoms with van der Waals surface area (Å²) in [6.07, 6.45) is 5.25. The van der Waals surface area contributed by atoms with E-state index >= 15 is 0 Å². The van der Waals surface area contributed by atoms with Crippen LogP contribution in [0.4, 0.5) is 0 Å². The third-order valence-electron chi connectivity index (χ3n) is 23.8. The number of rotatable bonds is 41. The van der Waals surface area contributed by atoms with Gasteiger partial charge in [-0.2, -0.15) is 0 Å². The van der Waals surface area contributed by atoms with Crippen LogP contribution in [0.25, 0.3) is 0 Å². The number of carbonyl (C=O) groups excluding carboxylic acids is 5. The number of aliphatic hydroxyl groups excluding tert-OH is 1. The zero-order valence-corrected chi connectivity index (χ0v) is 91.3. The van der Waals surface area contributed by atoms with Crippen LogP contribution in [-0.2, 0) is 95.1 Å². The van der Waals surface area contributed by atoms with Crippen LogP contribution in [0, 0.1) is 10.1 Å². The molecule has 139 heavy (non-hydrogen) atoms. The fraction of sp³-hybridized carbons (Fsp3) is 0.631. The number of alkyl halides is 2. The molecule has 4 heterocycles. The predicted molar refractivity (Wildman–Crippen MR) is 554 cm³/mol. The minimum Gasteiger partial charge on any atom is -0.481 e. The molecule has 0 bridgehead atoms. The topological polar surface area (TPSA) is 453 Å². The molecule has 6 unspecified atom stereocenters. The molecule has 36 heteroatoms. The number of carboxylic acid groups (broad SMARTS) is 3. The molecule has 4 aliphatic rings. The van der Waals surface area contributed by atoms with E-state index in [9.17, 15) is 38.4 Å². The van der Waals surface area contributed by atoms with E-state index in [0.29, 0.717) is 62.0 Å². The van der Waals surface area contributed by atoms with E-state index in [2.05, 4.69) is 172 Å². The monoisotopic (exact) mass is 2090 g/mol. The van der Waals surface area contributed by atoms with E-state index in [1.165, 1.54) is 0 Å². The number of carboxylic acids is 3. The van der Waals surface area contributed by atoms with Crippen LogP contribution in [0.3, 0.4) is 0 Å². The van der Waals surface area contributed by atoms with E-state index < -0.39 is 34.7 Å². The second-order valence-electron chi connectivity index (χ2n) is 36.2. The van der Waals surface area contributed by atoms with Gasteiger partial charge in [-0.05, 0) is 161 Å². The third-order valence-corrected chi connectivity index (χ3v) is 25.1. The van der Waals surface area contributed by atoms with Crippen LogP contribution >= 0.6 is 31.9 Å². The Morgan fingerprint density at radius 1 is 0.417 bits per heavy atom. The van der Waals surface area contributed by atoms with Gasteiger partial charge in [0.05, 0.1) is 0 Å². The first-order chi connectivity index (χ1) is 65.6. The summed E-state index contributed by atoms with van der Waals surface area (Å²) in [6, 6.07) is 47.9. The van der Waals surface area contributed by atoms with Crippen molar-refractivity contribution >= 4 is 79.6 Å². The Labute approximate surface area is 868 Å². The normalized spacial score (nSPS) is 19.0. The van der Waals surface area contributed by atoms with E-state index in [1.54, 1.807) is 6.92 Å². The van der Waals surface area contributed by atoms with Gasteiger partial charge < -0.3 is 97.2 Å². The van der Waals surface area contributed by atoms with Gasteiger partial charge in [0, 0.05) is 195 Å². The minimum absolute atomic E-state index is 0. The molecule has 0 aromatic heterocycles. The summed E-state index contributed by atoms with van der Waals surface area (Å²) in [4.78, 5) is 115. The number of halogens is 2. The maximum absolute atomic E-state index is 12.2. The minimum atomic E-state index is -1.11. The Kier molecular flexibility index (Phi) is 73.1. The standard InChI is InChI=1S/C24H41N3O2.C18H29N3O2.C17H35N3O2.C12H13BrO4.C12H15BrO2.C12H15NO4.C6H15N3.C2H6O.HNO2.Na/c1-6-25-16-17-26(20-24(5,19-25)27(7-2)8-3)21(4)14-15-23(28)29-18-22-12-10-9-11-13-22;1-15(21-11-10-20-13-18(2,19)14-21)8-9-17(22)23-12-16-6-4-3-5-7-16;1-6-18-11-12-19(15(4)9-10-16(21)22)14-17(5,13-18)20(7-2)8-3;13-10(12(15)16)6-7-11(14)17-8-9-4-2-1-3-5-9;1-10(13)7-8-12(14)15-9-11-5-3-2-4-6-11;13-10(12(15)16)6-7-11(14)17-8-9-4-2-1-3-5-9;1-6(7)4-8-2-3-9-5-6;1-2-3;2-1-3;/h9-13,21H,6-8,14-20H2,1-5H3;3-7,15,20H,8-14,19H2,1-2H3;15H,6-14H2,1-5H3,(H,21,22);1-5,10H,6-8H2,(H,15,16);2-6,10H,7-9H2,1H3;1-5,10H,6-8,13H2,(H,15,16);8-9H,2-5,7H2,1H3;3H,2H2,1H3;(H,2,3);/q;;;;;;;;;+1/p-1/t;;;3*10-;;;;/m...010..../s1. The molecule has 0 aliphatic carbocycles. The molecule has 4 fully saturated rings. The Morgan fingerprint density at radius 2 is 0.691 bits per heavy atom. The van der Waals surface area contributed by atoms with Crippen molar-refractivity contribution in [2.75, 3.05) is 151 Å². The van der Waals surface area contributed by atoms with Crippen LogP contribution < -0.4 is 62.7 Å². The Hall–Kier alpha value is -7.34. The fourth-order valence-corrected chi connectivity index (χ4v) is 16.1. The van der Waals surface area contributed by atoms with Gasteiger partial charge >= 0.3 is 77.3 Å². The van der Waals surface area contributed by atoms with Gasteiger partial charge in [0.1, 0.15) is 43.9 Å². The van der Waals surface area contributed by atoms with Gasteiger partial charge in [-0.1, -0.05) is 232 Å². The first kappa shape index (κ1) is 132. The number of likely N-dealkylation sites (N-methyl/N-ethyl adjacent to an activating group) is 4. The smallest absolute Gasteiger partial charge is 0.481 e. The summed E-state index contributed by atoms with van der Waals surface area (Å²) in [5.74, 6) is -3.97. The zero-order valence-electron chi connectivity index (χ0n) is 86.2. The number of hydrogen-bond donors (Lipinski definition) is 10. The number of ether oxygens (including phenoxy) is 5. The second kappa shape index (κ2) is 77.2. The van der Waals surface area contributed by atoms with E-state index in [1.807, 2.05) is 159 Å². The van der Waals surface area contributed by atoms with Crippen LogP contribution in [0.2, 0.25) is 0 Å². The molecule has 0 spiro atoms. The predicted octanol–water partition coefficient (Wildman–Crippen LogP) is 9.86. The molecular formula is C103H169Br2N14NaO19. The maximum Gasteiger partial charge on any atom is 1.00 e. The molecular weight excluding hydrogens is 1920 g/mol. The second-order valence-corrected chi connectivity index (χ2v) is 38.8. The summed E-state index contributed by atoms with van der Waals surface area (Å²) >= 11 is 6.35. The third kappa shape index (κ3) is 62.7. The molecule has 5 aromatic carbocycles. The SMILES string of the molecule is CC(CCC(=O)OCc1ccccc1)N1CCNCC(C)(N)C1.CC1(N)CNCCNC1.CCN1CCN(C(C)CCC(=O)O)CC(C)(N(CC)CC)C1.CCN1CCN(C(C)CCC(=O)OCc2ccccc2)CC(C)(N(CC)CC)C1.CCO.C[C@@H](Br)CCC(=O)OCc1ccccc1.N[C@@H](CCC(=O)OCc1ccccc1)C(=O)O.O=C(CC[C@H](Br)C(=O)O)OCc1ccccc1.O=N[O-].[Na+]. The van der Waals surface area contributed by atoms with Crippen molar-refractivity contribution in [3.05, 3.63) is 190 Å². The molecule has 4 aliphatic heterocycles. The van der Waals surface area contributed by atoms with Gasteiger partial charge in [-0.15, -0.1) is 5.34 Å². The van der Waals surface area contributed by atoms with Gasteiger partial charge in [0.15, 0.2) is 0 Å². The Morgan fingerprint density at radius 3 is 0.971 bits per heavy atom. The van der Waals surface area contributed by atoms with Crippen molar-refractivity contribution in [1.82, 2.24) is 50.2 Å². The number of nitrogens with one attached hydrogen (secondary N) is 3. The first-order valence-electron chi connectivity index (χ1n) is 48.8. The summed E-state index contributed by atoms with van der Waals surface area (Å²) in [5.41, 5.74) is 22.3. The summed E-state index contributed by atoms with van der Waals surface area (Å²) in [5, 5.41) is 52.5. The molecule has 4 saturated heterocycles. The van der Waals surface area contributed by atoms with Crippen molar-refractivity contribution in [3.63, 3.8) is 0 Å². The van der Waals surface area contributed by atoms with Crippen molar-refractivity contribution in [1.29, 1.82) is 0 Å². The molecule has 9 rings (SSSR count). The van der Waals surface area contributed by atoms with Crippen molar-refractivity contribution in [2.24, 2.45) is 22.5 Å². The molecule has 0 radical (unpaired) electrons. The van der Waals surface area contributed by atoms with Crippen LogP contribution in [0.15, 0.2) is 157 Å². The number of benzene rings is 5. The molecule has 33 nitrogen and oxygen atoms in total. The molecule has 0 saturated carbocycles. The average molecular weight is 2090 g/mol. The Bertz CT molecular complexity index is 3980. The Balaban J connectivity index is 0.00000161. The maximum atomic E-state index is 12.2. The molecule has 9 atom stereocenters. The number of nitrogens with zero attached hydrogens (tertiary/aromatic N) is 8. The molecule has 5 aromatic rings. The summed E-state index contributed by atoms with van der Waals surface area (Å²) < 4.78 is 25.9. The number of esters is 5. The average Bonchev–Trinajstić information content (AvgIpc) is 1.71. The van der Waals surface area contributed by atoms with Gasteiger partial charge in [-0.3, -0.25) is 62.9 Å². The molecule has 13 N–H and O–H groups in total. The molecule has 780 valence electrons. The first-order valence-corrected chi connectivity index (χ1v) is 50.6. The molecule has 0 amide bonds. The van der Waals surface area contributed by atoms with E-state index in [4.69, 9.17) is 71.4 Å². The number of aliphatic carboxylic acids is 3. The number of nitrogens with two attached hydrogens (primary N) is 3. The van der Waals surface area contributed by atoms with E-state index in [0.717, 1.165) is 203 Å². The van der Waals surface area contributed by atoms with Crippen LogP contribution in [-0.4, -0.2) is 309 Å². The summed E-state index contributed by atoms with van der Waals surface area (Å²) in [6.45, 7) is 56.8. The van der Waals surface area contributed by atoms with Crippen molar-refractivity contribution in [2.45, 2.75) is 270 Å². The van der Waals surface area contributed by atoms with Crippen LogP contribution in [0.1, 0.15) is 209 Å². The van der Waals surface area contributed by atoms with Gasteiger partial charge in [-0.25, -0.2) is 0 Å². The largest absolute Gasteiger partial charge is 1.00 e.